The molecular formula is C14H10BrF3N2O2. The van der Waals surface area contributed by atoms with Crippen molar-refractivity contribution < 1.29 is 22.7 Å². The average Bonchev–Trinajstić information content (AvgIpc) is 2.85. The molecule has 22 heavy (non-hydrogen) atoms. The van der Waals surface area contributed by atoms with Crippen LogP contribution in [0.5, 0.6) is 0 Å². The van der Waals surface area contributed by atoms with Crippen LogP contribution in [-0.4, -0.2) is 24.0 Å². The Morgan fingerprint density at radius 3 is 2.50 bits per heavy atom. The second-order valence-electron chi connectivity index (χ2n) is 4.24. The highest BCUT2D eigenvalue weighted by Crippen LogP contribution is 2.28. The highest BCUT2D eigenvalue weighted by molar-refractivity contribution is 9.10. The molecule has 0 radical (unpaired) electrons. The number of aromatic nitrogens is 1. The zero-order valence-corrected chi connectivity index (χ0v) is 12.9. The van der Waals surface area contributed by atoms with Crippen LogP contribution in [0, 0.1) is 0 Å². The highest BCUT2D eigenvalue weighted by Gasteiger charge is 2.29. The number of hydrogen-bond donors (Lipinski definition) is 0. The van der Waals surface area contributed by atoms with Crippen LogP contribution in [0.15, 0.2) is 46.1 Å². The molecule has 2 rings (SSSR count). The minimum absolute atomic E-state index is 0.192. The molecule has 0 amide bonds. The van der Waals surface area contributed by atoms with E-state index in [4.69, 9.17) is 0 Å². The van der Waals surface area contributed by atoms with Gasteiger partial charge in [-0.15, -0.1) is 0 Å². The number of esters is 1. The predicted octanol–water partition coefficient (Wildman–Crippen LogP) is 3.94. The topological polar surface area (TPSA) is 43.6 Å². The average molecular weight is 375 g/mol. The molecule has 0 saturated heterocycles. The molecule has 4 nitrogen and oxygen atoms in total. The Bertz CT molecular complexity index is 706. The third-order valence-corrected chi connectivity index (χ3v) is 3.16. The van der Waals surface area contributed by atoms with Crippen molar-refractivity contribution in [2.45, 2.75) is 6.18 Å². The van der Waals surface area contributed by atoms with Gasteiger partial charge in [0.05, 0.1) is 18.9 Å². The van der Waals surface area contributed by atoms with Gasteiger partial charge in [0.25, 0.3) is 0 Å². The van der Waals surface area contributed by atoms with E-state index in [9.17, 15) is 18.0 Å². The van der Waals surface area contributed by atoms with Gasteiger partial charge in [-0.1, -0.05) is 12.1 Å². The molecule has 0 N–H and O–H groups in total. The summed E-state index contributed by atoms with van der Waals surface area (Å²) in [5, 5.41) is 4.04. The summed E-state index contributed by atoms with van der Waals surface area (Å²) >= 11 is 3.21. The van der Waals surface area contributed by atoms with Crippen LogP contribution in [-0.2, 0) is 10.9 Å². The van der Waals surface area contributed by atoms with E-state index in [1.165, 1.54) is 42.4 Å². The third-order valence-electron chi connectivity index (χ3n) is 2.73. The molecule has 0 aliphatic carbocycles. The normalized spacial score (nSPS) is 11.9. The molecule has 8 heteroatoms. The quantitative estimate of drug-likeness (QED) is 0.603. The molecular weight excluding hydrogens is 365 g/mol. The van der Waals surface area contributed by atoms with Gasteiger partial charge in [-0.2, -0.15) is 18.3 Å². The van der Waals surface area contributed by atoms with E-state index in [1.54, 1.807) is 0 Å². The second kappa shape index (κ2) is 6.35. The lowest BCUT2D eigenvalue weighted by molar-refractivity contribution is -0.137. The van der Waals surface area contributed by atoms with E-state index in [-0.39, 0.29) is 5.69 Å². The van der Waals surface area contributed by atoms with Gasteiger partial charge in [-0.25, -0.2) is 9.47 Å². The largest absolute Gasteiger partial charge is 0.464 e. The van der Waals surface area contributed by atoms with Gasteiger partial charge >= 0.3 is 12.1 Å². The second-order valence-corrected chi connectivity index (χ2v) is 5.16. The summed E-state index contributed by atoms with van der Waals surface area (Å²) < 4.78 is 43.9. The summed E-state index contributed by atoms with van der Waals surface area (Å²) in [7, 11) is 1.24. The molecule has 2 aromatic rings. The lowest BCUT2D eigenvalue weighted by Gasteiger charge is -2.06. The van der Waals surface area contributed by atoms with Gasteiger partial charge in [-0.05, 0) is 39.7 Å². The predicted molar refractivity (Wildman–Crippen MR) is 77.9 cm³/mol. The first-order valence-electron chi connectivity index (χ1n) is 5.99. The van der Waals surface area contributed by atoms with Crippen molar-refractivity contribution >= 4 is 28.1 Å². The van der Waals surface area contributed by atoms with E-state index in [0.717, 1.165) is 12.1 Å². The number of methoxy groups -OCH3 is 1. The first kappa shape index (κ1) is 16.3. The summed E-state index contributed by atoms with van der Waals surface area (Å²) in [5.41, 5.74) is -0.0743. The number of carbonyl (C=O) groups excluding carboxylic acids is 1. The maximum Gasteiger partial charge on any atom is 0.416 e. The van der Waals surface area contributed by atoms with Crippen molar-refractivity contribution in [2.24, 2.45) is 5.10 Å². The Hall–Kier alpha value is -2.09. The first-order valence-corrected chi connectivity index (χ1v) is 6.78. The number of halogens is 4. The molecule has 0 aliphatic rings. The van der Waals surface area contributed by atoms with E-state index in [1.807, 2.05) is 0 Å². The minimum atomic E-state index is -4.38. The molecule has 0 fully saturated rings. The maximum absolute atomic E-state index is 12.5. The Morgan fingerprint density at radius 2 is 1.95 bits per heavy atom. The standard InChI is InChI=1S/C14H10BrF3N2O2/c1-22-13(21)12-6-11(15)8-20(12)19-7-9-2-4-10(5-3-9)14(16,17)18/h2-8H,1H3. The van der Waals surface area contributed by atoms with Crippen molar-refractivity contribution in [3.05, 3.63) is 57.8 Å². The zero-order chi connectivity index (χ0) is 16.3. The zero-order valence-electron chi connectivity index (χ0n) is 11.3. The maximum atomic E-state index is 12.5. The van der Waals surface area contributed by atoms with Crippen LogP contribution in [0.4, 0.5) is 13.2 Å². The molecule has 0 aliphatic heterocycles. The van der Waals surface area contributed by atoms with E-state index in [2.05, 4.69) is 25.8 Å². The van der Waals surface area contributed by atoms with E-state index < -0.39 is 17.7 Å². The van der Waals surface area contributed by atoms with Crippen molar-refractivity contribution in [3.63, 3.8) is 0 Å². The summed E-state index contributed by atoms with van der Waals surface area (Å²) in [6.07, 6.45) is -1.50. The van der Waals surface area contributed by atoms with Gasteiger partial charge in [0, 0.05) is 10.7 Å². The number of carbonyl (C=O) groups is 1. The minimum Gasteiger partial charge on any atom is -0.464 e. The monoisotopic (exact) mass is 374 g/mol. The summed E-state index contributed by atoms with van der Waals surface area (Å²) in [4.78, 5) is 11.6. The molecule has 1 aromatic heterocycles. The number of rotatable bonds is 3. The fourth-order valence-electron chi connectivity index (χ4n) is 1.66. The molecule has 116 valence electrons. The number of nitrogens with zero attached hydrogens (tertiary/aromatic N) is 2. The summed E-state index contributed by atoms with van der Waals surface area (Å²) in [6, 6.07) is 6.05. The van der Waals surface area contributed by atoms with Crippen LogP contribution in [0.3, 0.4) is 0 Å². The smallest absolute Gasteiger partial charge is 0.416 e. The Labute approximate surface area is 132 Å². The van der Waals surface area contributed by atoms with Crippen molar-refractivity contribution in [3.8, 4) is 0 Å². The molecule has 1 aromatic carbocycles. The fourth-order valence-corrected chi connectivity index (χ4v) is 2.07. The molecule has 0 spiro atoms. The van der Waals surface area contributed by atoms with Crippen LogP contribution < -0.4 is 0 Å². The number of alkyl halides is 3. The SMILES string of the molecule is COC(=O)c1cc(Br)cn1N=Cc1ccc(C(F)(F)F)cc1. The Balaban J connectivity index is 2.24. The van der Waals surface area contributed by atoms with Crippen LogP contribution in [0.25, 0.3) is 0 Å². The number of hydrogen-bond acceptors (Lipinski definition) is 3. The van der Waals surface area contributed by atoms with E-state index >= 15 is 0 Å². The van der Waals surface area contributed by atoms with Gasteiger partial charge in [0.15, 0.2) is 5.69 Å². The van der Waals surface area contributed by atoms with E-state index in [0.29, 0.717) is 10.0 Å². The lowest BCUT2D eigenvalue weighted by Crippen LogP contribution is -2.07. The van der Waals surface area contributed by atoms with Crippen LogP contribution >= 0.6 is 15.9 Å². The van der Waals surface area contributed by atoms with Gasteiger partial charge in [-0.3, -0.25) is 0 Å². The summed E-state index contributed by atoms with van der Waals surface area (Å²) in [5.74, 6) is -0.574. The molecule has 0 bridgehead atoms. The van der Waals surface area contributed by atoms with Gasteiger partial charge in [0.2, 0.25) is 0 Å². The highest BCUT2D eigenvalue weighted by atomic mass is 79.9. The first-order chi connectivity index (χ1) is 10.3. The molecule has 0 saturated carbocycles. The summed E-state index contributed by atoms with van der Waals surface area (Å²) in [6.45, 7) is 0. The number of ether oxygens (including phenoxy) is 1. The van der Waals surface area contributed by atoms with Crippen LogP contribution in [0.2, 0.25) is 0 Å². The van der Waals surface area contributed by atoms with Crippen molar-refractivity contribution in [1.29, 1.82) is 0 Å². The molecule has 1 heterocycles. The van der Waals surface area contributed by atoms with Crippen molar-refractivity contribution in [1.82, 2.24) is 4.68 Å². The molecule has 0 atom stereocenters. The van der Waals surface area contributed by atoms with Gasteiger partial charge < -0.3 is 4.74 Å². The fraction of sp³-hybridized carbons (Fsp3) is 0.143. The van der Waals surface area contributed by atoms with Gasteiger partial charge in [0.1, 0.15) is 0 Å². The lowest BCUT2D eigenvalue weighted by atomic mass is 10.1. The van der Waals surface area contributed by atoms with Crippen molar-refractivity contribution in [2.75, 3.05) is 7.11 Å². The van der Waals surface area contributed by atoms with Crippen LogP contribution in [0.1, 0.15) is 21.6 Å². The Morgan fingerprint density at radius 1 is 1.32 bits per heavy atom. The Kier molecular flexibility index (Phi) is 4.70. The number of benzene rings is 1. The third kappa shape index (κ3) is 3.76. The molecule has 0 unspecified atom stereocenters.